The second kappa shape index (κ2) is 5.60. The van der Waals surface area contributed by atoms with E-state index in [1.165, 1.54) is 25.7 Å². The molecule has 2 rings (SSSR count). The maximum absolute atomic E-state index is 5.83. The fourth-order valence-electron chi connectivity index (χ4n) is 2.15. The summed E-state index contributed by atoms with van der Waals surface area (Å²) in [6.45, 7) is 2.83. The lowest BCUT2D eigenvalue weighted by Gasteiger charge is -2.26. The summed E-state index contributed by atoms with van der Waals surface area (Å²) in [4.78, 5) is 0. The smallest absolute Gasteiger partial charge is 0.151 e. The van der Waals surface area contributed by atoms with Crippen molar-refractivity contribution in [3.05, 3.63) is 23.0 Å². The molecule has 2 atom stereocenters. The van der Waals surface area contributed by atoms with Gasteiger partial charge < -0.3 is 4.74 Å². The van der Waals surface area contributed by atoms with Crippen LogP contribution in [-0.2, 0) is 11.3 Å². The third-order valence-corrected chi connectivity index (χ3v) is 3.24. The first kappa shape index (κ1) is 11.8. The van der Waals surface area contributed by atoms with Crippen LogP contribution in [0.2, 0.25) is 5.15 Å². The molecule has 3 nitrogen and oxygen atoms in total. The second-order valence-electron chi connectivity index (χ2n) is 4.55. The maximum Gasteiger partial charge on any atom is 0.151 e. The minimum Gasteiger partial charge on any atom is -0.372 e. The molecule has 1 aromatic heterocycles. The number of nitrogens with zero attached hydrogens (tertiary/aromatic N) is 2. The molecule has 1 heterocycles. The Bertz CT molecular complexity index is 328. The van der Waals surface area contributed by atoms with Crippen LogP contribution in [0.5, 0.6) is 0 Å². The van der Waals surface area contributed by atoms with E-state index in [9.17, 15) is 0 Å². The molecular weight excluding hydrogens is 224 g/mol. The van der Waals surface area contributed by atoms with Crippen molar-refractivity contribution in [1.29, 1.82) is 0 Å². The molecule has 1 aliphatic carbocycles. The second-order valence-corrected chi connectivity index (χ2v) is 4.94. The van der Waals surface area contributed by atoms with E-state index in [-0.39, 0.29) is 0 Å². The van der Waals surface area contributed by atoms with Crippen molar-refractivity contribution >= 4 is 11.6 Å². The molecule has 2 unspecified atom stereocenters. The van der Waals surface area contributed by atoms with Crippen molar-refractivity contribution in [2.75, 3.05) is 0 Å². The number of hydrogen-bond donors (Lipinski definition) is 0. The normalized spacial score (nSPS) is 25.6. The predicted octanol–water partition coefficient (Wildman–Crippen LogP) is 3.23. The third kappa shape index (κ3) is 3.42. The summed E-state index contributed by atoms with van der Waals surface area (Å²) in [5.41, 5.74) is 0.850. The van der Waals surface area contributed by atoms with Crippen LogP contribution in [0.15, 0.2) is 12.1 Å². The van der Waals surface area contributed by atoms with Crippen LogP contribution in [-0.4, -0.2) is 16.3 Å². The van der Waals surface area contributed by atoms with Crippen LogP contribution in [0.25, 0.3) is 0 Å². The maximum atomic E-state index is 5.83. The summed E-state index contributed by atoms with van der Waals surface area (Å²) in [7, 11) is 0. The van der Waals surface area contributed by atoms with Gasteiger partial charge in [-0.3, -0.25) is 0 Å². The highest BCUT2D eigenvalue weighted by Gasteiger charge is 2.19. The Morgan fingerprint density at radius 1 is 1.38 bits per heavy atom. The number of ether oxygens (including phenoxy) is 1. The minimum absolute atomic E-state index is 0.390. The molecular formula is C12H17ClN2O. The van der Waals surface area contributed by atoms with Crippen LogP contribution >= 0.6 is 11.6 Å². The summed E-state index contributed by atoms with van der Waals surface area (Å²) in [6.07, 6.45) is 5.34. The zero-order valence-electron chi connectivity index (χ0n) is 9.53. The lowest BCUT2D eigenvalue weighted by atomic mass is 9.89. The van der Waals surface area contributed by atoms with Crippen LogP contribution in [0.1, 0.15) is 38.3 Å². The van der Waals surface area contributed by atoms with Crippen molar-refractivity contribution in [3.8, 4) is 0 Å². The molecule has 0 spiro atoms. The predicted molar refractivity (Wildman–Crippen MR) is 63.3 cm³/mol. The molecule has 0 N–H and O–H groups in total. The molecule has 1 aliphatic rings. The summed E-state index contributed by atoms with van der Waals surface area (Å²) >= 11 is 5.67. The number of rotatable bonds is 3. The molecule has 4 heteroatoms. The SMILES string of the molecule is CC1CCCC(OCc2ccc(Cl)nn2)C1. The lowest BCUT2D eigenvalue weighted by Crippen LogP contribution is -2.21. The highest BCUT2D eigenvalue weighted by molar-refractivity contribution is 6.29. The van der Waals surface area contributed by atoms with Crippen LogP contribution in [0.3, 0.4) is 0 Å². The van der Waals surface area contributed by atoms with Gasteiger partial charge in [-0.25, -0.2) is 0 Å². The summed E-state index contributed by atoms with van der Waals surface area (Å²) in [6, 6.07) is 3.61. The Kier molecular flexibility index (Phi) is 4.13. The zero-order valence-corrected chi connectivity index (χ0v) is 10.3. The molecule has 0 saturated heterocycles. The van der Waals surface area contributed by atoms with Gasteiger partial charge in [-0.1, -0.05) is 31.4 Å². The van der Waals surface area contributed by atoms with E-state index in [4.69, 9.17) is 16.3 Å². The zero-order chi connectivity index (χ0) is 11.4. The largest absolute Gasteiger partial charge is 0.372 e. The molecule has 0 aliphatic heterocycles. The molecule has 0 aromatic carbocycles. The molecule has 16 heavy (non-hydrogen) atoms. The van der Waals surface area contributed by atoms with Crippen molar-refractivity contribution in [1.82, 2.24) is 10.2 Å². The number of aromatic nitrogens is 2. The number of hydrogen-bond acceptors (Lipinski definition) is 3. The van der Waals surface area contributed by atoms with Crippen LogP contribution in [0, 0.1) is 5.92 Å². The van der Waals surface area contributed by atoms with Crippen molar-refractivity contribution in [3.63, 3.8) is 0 Å². The van der Waals surface area contributed by atoms with E-state index < -0.39 is 0 Å². The van der Waals surface area contributed by atoms with E-state index in [0.717, 1.165) is 11.6 Å². The first-order valence-corrected chi connectivity index (χ1v) is 6.21. The van der Waals surface area contributed by atoms with Gasteiger partial charge in [-0.05, 0) is 30.9 Å². The topological polar surface area (TPSA) is 35.0 Å². The van der Waals surface area contributed by atoms with Crippen molar-refractivity contribution in [2.45, 2.75) is 45.3 Å². The molecule has 1 aromatic rings. The fourth-order valence-corrected chi connectivity index (χ4v) is 2.25. The van der Waals surface area contributed by atoms with Gasteiger partial charge in [0.05, 0.1) is 18.4 Å². The summed E-state index contributed by atoms with van der Waals surface area (Å²) in [5, 5.41) is 8.19. The monoisotopic (exact) mass is 240 g/mol. The lowest BCUT2D eigenvalue weighted by molar-refractivity contribution is 0.00292. The number of halogens is 1. The Balaban J connectivity index is 1.80. The van der Waals surface area contributed by atoms with Gasteiger partial charge in [-0.15, -0.1) is 5.10 Å². The van der Waals surface area contributed by atoms with Crippen LogP contribution < -0.4 is 0 Å². The third-order valence-electron chi connectivity index (χ3n) is 3.04. The molecule has 0 amide bonds. The molecule has 88 valence electrons. The van der Waals surface area contributed by atoms with E-state index in [0.29, 0.717) is 17.9 Å². The Hall–Kier alpha value is -0.670. The molecule has 0 bridgehead atoms. The first-order valence-electron chi connectivity index (χ1n) is 5.84. The fraction of sp³-hybridized carbons (Fsp3) is 0.667. The molecule has 1 saturated carbocycles. The van der Waals surface area contributed by atoms with Gasteiger partial charge in [-0.2, -0.15) is 5.10 Å². The Morgan fingerprint density at radius 3 is 2.94 bits per heavy atom. The highest BCUT2D eigenvalue weighted by Crippen LogP contribution is 2.26. The van der Waals surface area contributed by atoms with Gasteiger partial charge in [0.1, 0.15) is 0 Å². The van der Waals surface area contributed by atoms with Gasteiger partial charge in [0.15, 0.2) is 5.15 Å². The van der Waals surface area contributed by atoms with E-state index in [1.807, 2.05) is 6.07 Å². The van der Waals surface area contributed by atoms with Crippen molar-refractivity contribution in [2.24, 2.45) is 5.92 Å². The highest BCUT2D eigenvalue weighted by atomic mass is 35.5. The van der Waals surface area contributed by atoms with E-state index >= 15 is 0 Å². The Labute approximate surface area is 101 Å². The standard InChI is InChI=1S/C12H17ClN2O/c1-9-3-2-4-11(7-9)16-8-10-5-6-12(13)15-14-10/h5-6,9,11H,2-4,7-8H2,1H3. The van der Waals surface area contributed by atoms with Gasteiger partial charge in [0.25, 0.3) is 0 Å². The van der Waals surface area contributed by atoms with E-state index in [2.05, 4.69) is 17.1 Å². The summed E-state index contributed by atoms with van der Waals surface area (Å²) < 4.78 is 5.83. The Morgan fingerprint density at radius 2 is 2.25 bits per heavy atom. The average Bonchev–Trinajstić information content (AvgIpc) is 2.28. The van der Waals surface area contributed by atoms with Crippen molar-refractivity contribution < 1.29 is 4.74 Å². The molecule has 0 radical (unpaired) electrons. The quantitative estimate of drug-likeness (QED) is 0.814. The van der Waals surface area contributed by atoms with E-state index in [1.54, 1.807) is 6.07 Å². The first-order chi connectivity index (χ1) is 7.74. The van der Waals surface area contributed by atoms with Gasteiger partial charge >= 0.3 is 0 Å². The minimum atomic E-state index is 0.390. The molecule has 1 fully saturated rings. The van der Waals surface area contributed by atoms with Crippen LogP contribution in [0.4, 0.5) is 0 Å². The van der Waals surface area contributed by atoms with Gasteiger partial charge in [0, 0.05) is 0 Å². The van der Waals surface area contributed by atoms with Gasteiger partial charge in [0.2, 0.25) is 0 Å². The summed E-state index contributed by atoms with van der Waals surface area (Å²) in [5.74, 6) is 0.787. The average molecular weight is 241 g/mol.